The second kappa shape index (κ2) is 6.35. The molecule has 0 spiro atoms. The van der Waals surface area contributed by atoms with Crippen molar-refractivity contribution in [3.8, 4) is 6.07 Å². The van der Waals surface area contributed by atoms with Crippen LogP contribution < -0.4 is 5.32 Å². The number of carbonyl (C=O) groups excluding carboxylic acids is 1. The normalized spacial score (nSPS) is 10.7. The lowest BCUT2D eigenvalue weighted by Gasteiger charge is -2.24. The molecular formula is C13H14ClN3O3. The first-order valence-corrected chi connectivity index (χ1v) is 6.44. The summed E-state index contributed by atoms with van der Waals surface area (Å²) in [6.45, 7) is 3.57. The third-order valence-corrected chi connectivity index (χ3v) is 3.35. The van der Waals surface area contributed by atoms with E-state index in [1.807, 2.05) is 0 Å². The lowest BCUT2D eigenvalue weighted by Crippen LogP contribution is -2.46. The fourth-order valence-corrected chi connectivity index (χ4v) is 1.94. The largest absolute Gasteiger partial charge is 0.334 e. The Kier molecular flexibility index (Phi) is 5.06. The minimum atomic E-state index is -0.978. The quantitative estimate of drug-likeness (QED) is 0.667. The van der Waals surface area contributed by atoms with Crippen LogP contribution in [-0.2, 0) is 0 Å². The Morgan fingerprint density at radius 3 is 2.50 bits per heavy atom. The highest BCUT2D eigenvalue weighted by Crippen LogP contribution is 2.22. The molecule has 0 bridgehead atoms. The Balaban J connectivity index is 3.10. The zero-order valence-corrected chi connectivity index (χ0v) is 11.9. The second-order valence-corrected chi connectivity index (χ2v) is 4.75. The highest BCUT2D eigenvalue weighted by Gasteiger charge is 2.28. The van der Waals surface area contributed by atoms with Crippen molar-refractivity contribution in [3.63, 3.8) is 0 Å². The van der Waals surface area contributed by atoms with E-state index < -0.39 is 16.4 Å². The smallest absolute Gasteiger partial charge is 0.271 e. The molecule has 0 atom stereocenters. The van der Waals surface area contributed by atoms with Gasteiger partial charge in [-0.1, -0.05) is 25.4 Å². The summed E-state index contributed by atoms with van der Waals surface area (Å²) in [6.07, 6.45) is 0.878. The zero-order chi connectivity index (χ0) is 15.3. The molecule has 0 unspecified atom stereocenters. The number of rotatable bonds is 5. The fourth-order valence-electron chi connectivity index (χ4n) is 1.71. The van der Waals surface area contributed by atoms with Gasteiger partial charge in [-0.05, 0) is 18.9 Å². The number of hydrogen-bond acceptors (Lipinski definition) is 4. The molecule has 0 aliphatic rings. The van der Waals surface area contributed by atoms with Gasteiger partial charge in [0.15, 0.2) is 0 Å². The number of non-ortho nitro benzene ring substituents is 1. The molecule has 1 aromatic rings. The molecule has 0 fully saturated rings. The van der Waals surface area contributed by atoms with E-state index in [2.05, 4.69) is 11.4 Å². The van der Waals surface area contributed by atoms with Gasteiger partial charge < -0.3 is 5.32 Å². The summed E-state index contributed by atoms with van der Waals surface area (Å²) in [6, 6.07) is 5.70. The monoisotopic (exact) mass is 295 g/mol. The Labute approximate surface area is 121 Å². The van der Waals surface area contributed by atoms with E-state index in [9.17, 15) is 20.2 Å². The van der Waals surface area contributed by atoms with Crippen LogP contribution in [0.4, 0.5) is 5.69 Å². The number of amides is 1. The standard InChI is InChI=1S/C13H14ClN3O3/c1-3-13(4-2,8-15)16-12(18)9-5-10(14)7-11(6-9)17(19)20/h5-7H,3-4H2,1-2H3,(H,16,18). The minimum Gasteiger partial charge on any atom is -0.334 e. The summed E-state index contributed by atoms with van der Waals surface area (Å²) in [5.41, 5.74) is -1.18. The number of nitriles is 1. The summed E-state index contributed by atoms with van der Waals surface area (Å²) in [7, 11) is 0. The first-order valence-electron chi connectivity index (χ1n) is 6.06. The van der Waals surface area contributed by atoms with Crippen LogP contribution in [0.25, 0.3) is 0 Å². The van der Waals surface area contributed by atoms with Gasteiger partial charge >= 0.3 is 0 Å². The predicted molar refractivity (Wildman–Crippen MR) is 74.5 cm³/mol. The van der Waals surface area contributed by atoms with Crippen molar-refractivity contribution >= 4 is 23.2 Å². The van der Waals surface area contributed by atoms with Gasteiger partial charge in [0.05, 0.1) is 11.0 Å². The molecular weight excluding hydrogens is 282 g/mol. The van der Waals surface area contributed by atoms with E-state index in [-0.39, 0.29) is 16.3 Å². The van der Waals surface area contributed by atoms with Crippen molar-refractivity contribution in [2.24, 2.45) is 0 Å². The molecule has 6 nitrogen and oxygen atoms in total. The topological polar surface area (TPSA) is 96.0 Å². The highest BCUT2D eigenvalue weighted by atomic mass is 35.5. The number of halogens is 1. The molecule has 0 aliphatic heterocycles. The summed E-state index contributed by atoms with van der Waals surface area (Å²) in [4.78, 5) is 22.2. The van der Waals surface area contributed by atoms with E-state index in [1.165, 1.54) is 6.07 Å². The van der Waals surface area contributed by atoms with Crippen LogP contribution in [0, 0.1) is 21.4 Å². The van der Waals surface area contributed by atoms with Gasteiger partial charge in [0.2, 0.25) is 0 Å². The van der Waals surface area contributed by atoms with Crippen molar-refractivity contribution < 1.29 is 9.72 Å². The van der Waals surface area contributed by atoms with Crippen molar-refractivity contribution in [1.82, 2.24) is 5.32 Å². The second-order valence-electron chi connectivity index (χ2n) is 4.31. The molecule has 0 saturated carbocycles. The van der Waals surface area contributed by atoms with Gasteiger partial charge in [-0.3, -0.25) is 14.9 Å². The maximum Gasteiger partial charge on any atom is 0.271 e. The van der Waals surface area contributed by atoms with E-state index in [0.29, 0.717) is 12.8 Å². The van der Waals surface area contributed by atoms with Gasteiger partial charge in [0.1, 0.15) is 5.54 Å². The van der Waals surface area contributed by atoms with Gasteiger partial charge in [-0.25, -0.2) is 0 Å². The third kappa shape index (κ3) is 3.45. The number of carbonyl (C=O) groups is 1. The molecule has 1 amide bonds. The van der Waals surface area contributed by atoms with Crippen molar-refractivity contribution in [3.05, 3.63) is 38.9 Å². The lowest BCUT2D eigenvalue weighted by molar-refractivity contribution is -0.384. The number of hydrogen-bond donors (Lipinski definition) is 1. The van der Waals surface area contributed by atoms with Crippen LogP contribution in [0.15, 0.2) is 18.2 Å². The molecule has 1 rings (SSSR count). The average molecular weight is 296 g/mol. The average Bonchev–Trinajstić information content (AvgIpc) is 2.44. The van der Waals surface area contributed by atoms with Crippen molar-refractivity contribution in [2.75, 3.05) is 0 Å². The summed E-state index contributed by atoms with van der Waals surface area (Å²) < 4.78 is 0. The van der Waals surface area contributed by atoms with Gasteiger partial charge in [-0.15, -0.1) is 0 Å². The molecule has 0 heterocycles. The Morgan fingerprint density at radius 2 is 2.05 bits per heavy atom. The number of benzene rings is 1. The van der Waals surface area contributed by atoms with Crippen LogP contribution in [0.3, 0.4) is 0 Å². The molecule has 0 aromatic heterocycles. The lowest BCUT2D eigenvalue weighted by atomic mass is 9.94. The molecule has 0 radical (unpaired) electrons. The number of nitrogens with one attached hydrogen (secondary N) is 1. The van der Waals surface area contributed by atoms with E-state index >= 15 is 0 Å². The summed E-state index contributed by atoms with van der Waals surface area (Å²) in [5.74, 6) is -0.555. The Hall–Kier alpha value is -2.13. The first kappa shape index (κ1) is 15.9. The number of nitro benzene ring substituents is 1. The maximum atomic E-state index is 12.1. The Morgan fingerprint density at radius 1 is 1.45 bits per heavy atom. The van der Waals surface area contributed by atoms with Gasteiger partial charge in [-0.2, -0.15) is 5.26 Å². The molecule has 1 N–H and O–H groups in total. The molecule has 1 aromatic carbocycles. The SMILES string of the molecule is CCC(C#N)(CC)NC(=O)c1cc(Cl)cc([N+](=O)[O-])c1. The van der Waals surface area contributed by atoms with Crippen LogP contribution in [0.2, 0.25) is 5.02 Å². The van der Waals surface area contributed by atoms with Crippen LogP contribution in [0.5, 0.6) is 0 Å². The first-order chi connectivity index (χ1) is 9.37. The summed E-state index contributed by atoms with van der Waals surface area (Å²) >= 11 is 5.76. The van der Waals surface area contributed by atoms with Crippen LogP contribution >= 0.6 is 11.6 Å². The Bertz CT molecular complexity index is 577. The molecule has 20 heavy (non-hydrogen) atoms. The van der Waals surface area contributed by atoms with Crippen LogP contribution in [0.1, 0.15) is 37.0 Å². The van der Waals surface area contributed by atoms with E-state index in [1.54, 1.807) is 13.8 Å². The highest BCUT2D eigenvalue weighted by molar-refractivity contribution is 6.31. The number of nitrogens with zero attached hydrogens (tertiary/aromatic N) is 2. The molecule has 0 saturated heterocycles. The maximum absolute atomic E-state index is 12.1. The van der Waals surface area contributed by atoms with Gasteiger partial charge in [0, 0.05) is 22.7 Å². The zero-order valence-electron chi connectivity index (χ0n) is 11.1. The summed E-state index contributed by atoms with van der Waals surface area (Å²) in [5, 5.41) is 22.6. The van der Waals surface area contributed by atoms with E-state index in [0.717, 1.165) is 12.1 Å². The van der Waals surface area contributed by atoms with E-state index in [4.69, 9.17) is 11.6 Å². The predicted octanol–water partition coefficient (Wildman–Crippen LogP) is 3.06. The van der Waals surface area contributed by atoms with Crippen molar-refractivity contribution in [2.45, 2.75) is 32.2 Å². The third-order valence-electron chi connectivity index (χ3n) is 3.13. The minimum absolute atomic E-state index is 0.0609. The van der Waals surface area contributed by atoms with Gasteiger partial charge in [0.25, 0.3) is 11.6 Å². The fraction of sp³-hybridized carbons (Fsp3) is 0.385. The van der Waals surface area contributed by atoms with Crippen molar-refractivity contribution in [1.29, 1.82) is 5.26 Å². The van der Waals surface area contributed by atoms with Crippen LogP contribution in [-0.4, -0.2) is 16.4 Å². The molecule has 0 aliphatic carbocycles. The molecule has 106 valence electrons. The number of nitro groups is 1. The molecule has 7 heteroatoms.